The van der Waals surface area contributed by atoms with Gasteiger partial charge in [-0.1, -0.05) is 0 Å². The number of nitrogens with one attached hydrogen (secondary N) is 2. The maximum atomic E-state index is 14.8. The van der Waals surface area contributed by atoms with E-state index in [4.69, 9.17) is 4.74 Å². The summed E-state index contributed by atoms with van der Waals surface area (Å²) < 4.78 is 24.5. The van der Waals surface area contributed by atoms with Crippen LogP contribution >= 0.6 is 22.6 Å². The topological polar surface area (TPSA) is 116 Å². The Bertz CT molecular complexity index is 1870. The quantitative estimate of drug-likeness (QED) is 0.334. The zero-order chi connectivity index (χ0) is 26.9. The molecule has 194 valence electrons. The number of fused-ring (bicyclic) bond motifs is 2. The lowest BCUT2D eigenvalue weighted by Gasteiger charge is -2.22. The predicted octanol–water partition coefficient (Wildman–Crippen LogP) is 3.58. The molecule has 12 heteroatoms. The number of anilines is 2. The Balaban J connectivity index is 1.71. The summed E-state index contributed by atoms with van der Waals surface area (Å²) in [7, 11) is 1.50. The van der Waals surface area contributed by atoms with Crippen molar-refractivity contribution in [2.45, 2.75) is 32.4 Å². The maximum Gasteiger partial charge on any atom is 0.412 e. The smallest absolute Gasteiger partial charge is 0.410 e. The predicted molar refractivity (Wildman–Crippen MR) is 147 cm³/mol. The molecule has 0 atom stereocenters. The molecule has 4 aromatic rings. The summed E-state index contributed by atoms with van der Waals surface area (Å²) in [5, 5.41) is 5.63. The number of carbonyl (C=O) groups excluding carboxylic acids is 1. The lowest BCUT2D eigenvalue weighted by Crippen LogP contribution is -2.41. The molecule has 3 heterocycles. The number of hydrogen-bond acceptors (Lipinski definition) is 6. The summed E-state index contributed by atoms with van der Waals surface area (Å²) in [6.45, 7) is 1.75. The molecule has 2 aliphatic rings. The average Bonchev–Trinajstić information content (AvgIpc) is 3.71. The number of ether oxygens (including phenoxy) is 1. The number of halogens is 2. The van der Waals surface area contributed by atoms with E-state index in [0.717, 1.165) is 0 Å². The highest BCUT2D eigenvalue weighted by Gasteiger charge is 2.32. The minimum atomic E-state index is -0.576. The molecule has 2 aromatic carbocycles. The molecule has 0 spiro atoms. The first-order valence-corrected chi connectivity index (χ1v) is 13.0. The van der Waals surface area contributed by atoms with Crippen LogP contribution in [-0.2, 0) is 13.6 Å². The zero-order valence-electron chi connectivity index (χ0n) is 20.3. The van der Waals surface area contributed by atoms with Crippen molar-refractivity contribution < 1.29 is 13.9 Å². The van der Waals surface area contributed by atoms with Crippen molar-refractivity contribution in [3.05, 3.63) is 88.1 Å². The molecular weight excluding hydrogens is 608 g/mol. The van der Waals surface area contributed by atoms with E-state index >= 15 is 0 Å². The van der Waals surface area contributed by atoms with Crippen molar-refractivity contribution in [1.82, 2.24) is 19.0 Å². The van der Waals surface area contributed by atoms with Gasteiger partial charge in [-0.05, 0) is 78.8 Å². The van der Waals surface area contributed by atoms with Crippen LogP contribution < -0.4 is 32.2 Å². The maximum absolute atomic E-state index is 14.8. The molecule has 1 saturated carbocycles. The van der Waals surface area contributed by atoms with Crippen LogP contribution in [0.2, 0.25) is 0 Å². The van der Waals surface area contributed by atoms with Gasteiger partial charge in [0, 0.05) is 34.3 Å². The van der Waals surface area contributed by atoms with Gasteiger partial charge < -0.3 is 15.4 Å². The number of benzene rings is 2. The number of aryl methyl sites for hydroxylation is 1. The monoisotopic (exact) mass is 629 g/mol. The molecule has 2 N–H and O–H groups in total. The molecule has 1 aliphatic carbocycles. The van der Waals surface area contributed by atoms with Crippen molar-refractivity contribution in [3.8, 4) is 11.4 Å². The van der Waals surface area contributed by atoms with Crippen molar-refractivity contribution in [2.24, 2.45) is 7.05 Å². The highest BCUT2D eigenvalue weighted by Crippen LogP contribution is 2.34. The van der Waals surface area contributed by atoms with E-state index in [1.807, 2.05) is 22.6 Å². The Morgan fingerprint density at radius 2 is 1.84 bits per heavy atom. The largest absolute Gasteiger partial charge is 0.412 e. The highest BCUT2D eigenvalue weighted by molar-refractivity contribution is 14.1. The summed E-state index contributed by atoms with van der Waals surface area (Å²) >= 11 is 1.99. The van der Waals surface area contributed by atoms with E-state index in [-0.39, 0.29) is 40.6 Å². The van der Waals surface area contributed by atoms with Crippen LogP contribution in [0, 0.1) is 16.3 Å². The van der Waals surface area contributed by atoms with E-state index in [9.17, 15) is 23.6 Å². The highest BCUT2D eigenvalue weighted by atomic mass is 127. The number of nitrogens with zero attached hydrogens (tertiary/aromatic N) is 3. The lowest BCUT2D eigenvalue weighted by atomic mass is 10.1. The first-order valence-electron chi connectivity index (χ1n) is 11.9. The molecule has 6 rings (SSSR count). The van der Waals surface area contributed by atoms with Crippen LogP contribution in [0.15, 0.2) is 50.8 Å². The van der Waals surface area contributed by atoms with Gasteiger partial charge in [-0.15, -0.1) is 0 Å². The SMILES string of the molecule is Cc1c(=O)n(C)c(Nc2ccc(I)cc2F)c2c(=O)n(C3CC3)c(=O)n(-c3ccc4c(c3)CNC(=O)O4)c12. The minimum Gasteiger partial charge on any atom is -0.410 e. The van der Waals surface area contributed by atoms with Gasteiger partial charge >= 0.3 is 11.8 Å². The van der Waals surface area contributed by atoms with E-state index in [2.05, 4.69) is 10.6 Å². The normalized spacial score (nSPS) is 14.7. The molecule has 10 nitrogen and oxygen atoms in total. The Morgan fingerprint density at radius 1 is 1.08 bits per heavy atom. The van der Waals surface area contributed by atoms with Gasteiger partial charge in [0.15, 0.2) is 0 Å². The number of rotatable bonds is 4. The molecule has 0 saturated heterocycles. The third kappa shape index (κ3) is 3.81. The summed E-state index contributed by atoms with van der Waals surface area (Å²) in [5.41, 5.74) is -0.135. The molecular formula is C26H21FIN5O5. The first-order chi connectivity index (χ1) is 18.2. The molecule has 1 fully saturated rings. The number of pyridine rings is 1. The Hall–Kier alpha value is -3.94. The summed E-state index contributed by atoms with van der Waals surface area (Å²) in [6.07, 6.45) is 0.765. The molecule has 1 amide bonds. The second-order valence-electron chi connectivity index (χ2n) is 9.37. The van der Waals surface area contributed by atoms with E-state index in [0.29, 0.717) is 33.4 Å². The van der Waals surface area contributed by atoms with E-state index < -0.39 is 28.7 Å². The summed E-state index contributed by atoms with van der Waals surface area (Å²) in [5.74, 6) is -0.113. The third-order valence-electron chi connectivity index (χ3n) is 6.87. The van der Waals surface area contributed by atoms with Crippen molar-refractivity contribution in [1.29, 1.82) is 0 Å². The number of carbonyl (C=O) groups is 1. The minimum absolute atomic E-state index is 0.0809. The third-order valence-corrected chi connectivity index (χ3v) is 7.54. The first kappa shape index (κ1) is 24.4. The van der Waals surface area contributed by atoms with Gasteiger partial charge in [0.05, 0.1) is 16.9 Å². The van der Waals surface area contributed by atoms with Gasteiger partial charge in [0.2, 0.25) is 0 Å². The molecule has 0 bridgehead atoms. The Labute approximate surface area is 227 Å². The van der Waals surface area contributed by atoms with Crippen LogP contribution in [0.1, 0.15) is 30.0 Å². The lowest BCUT2D eigenvalue weighted by molar-refractivity contribution is 0.194. The van der Waals surface area contributed by atoms with Crippen LogP contribution in [0.5, 0.6) is 5.75 Å². The molecule has 1 aliphatic heterocycles. The van der Waals surface area contributed by atoms with Crippen molar-refractivity contribution in [3.63, 3.8) is 0 Å². The Morgan fingerprint density at radius 3 is 2.55 bits per heavy atom. The summed E-state index contributed by atoms with van der Waals surface area (Å²) in [6, 6.07) is 9.15. The van der Waals surface area contributed by atoms with Crippen LogP contribution in [-0.4, -0.2) is 19.8 Å². The molecule has 2 aromatic heterocycles. The van der Waals surface area contributed by atoms with Crippen LogP contribution in [0.4, 0.5) is 20.7 Å². The van der Waals surface area contributed by atoms with Crippen LogP contribution in [0.25, 0.3) is 16.6 Å². The molecule has 0 unspecified atom stereocenters. The van der Waals surface area contributed by atoms with Crippen molar-refractivity contribution >= 4 is 51.1 Å². The van der Waals surface area contributed by atoms with Gasteiger partial charge in [-0.25, -0.2) is 14.0 Å². The fourth-order valence-electron chi connectivity index (χ4n) is 4.82. The fourth-order valence-corrected chi connectivity index (χ4v) is 5.27. The molecule has 38 heavy (non-hydrogen) atoms. The van der Waals surface area contributed by atoms with E-state index in [1.54, 1.807) is 31.2 Å². The number of amides is 1. The standard InChI is InChI=1S/C26H21FIN5O5/c1-12-21-20(22(31(2)23(12)34)30-18-7-3-14(28)10-17(18)27)24(35)33(15-4-5-15)26(37)32(21)16-6-8-19-13(9-16)11-29-25(36)38-19/h3,6-10,15,30H,4-5,11H2,1-2H3,(H,29,36). The fraction of sp³-hybridized carbons (Fsp3) is 0.231. The second kappa shape index (κ2) is 8.82. The van der Waals surface area contributed by atoms with Crippen LogP contribution in [0.3, 0.4) is 0 Å². The van der Waals surface area contributed by atoms with Gasteiger partial charge in [0.1, 0.15) is 22.8 Å². The Kier molecular flexibility index (Phi) is 5.67. The number of hydrogen-bond donors (Lipinski definition) is 2. The average molecular weight is 629 g/mol. The zero-order valence-corrected chi connectivity index (χ0v) is 22.5. The van der Waals surface area contributed by atoms with Gasteiger partial charge in [-0.2, -0.15) is 0 Å². The molecule has 0 radical (unpaired) electrons. The second-order valence-corrected chi connectivity index (χ2v) is 10.6. The summed E-state index contributed by atoms with van der Waals surface area (Å²) in [4.78, 5) is 52.7. The van der Waals surface area contributed by atoms with E-state index in [1.165, 1.54) is 32.9 Å². The number of aromatic nitrogens is 3. The van der Waals surface area contributed by atoms with Crippen molar-refractivity contribution in [2.75, 3.05) is 5.32 Å². The van der Waals surface area contributed by atoms with Gasteiger partial charge in [-0.3, -0.25) is 23.3 Å². The van der Waals surface area contributed by atoms with Gasteiger partial charge in [0.25, 0.3) is 11.1 Å².